The first-order chi connectivity index (χ1) is 12.0. The lowest BCUT2D eigenvalue weighted by molar-refractivity contribution is -0.148. The van der Waals surface area contributed by atoms with Crippen molar-refractivity contribution in [2.24, 2.45) is 11.3 Å². The lowest BCUT2D eigenvalue weighted by Crippen LogP contribution is -2.53. The topological polar surface area (TPSA) is 53.1 Å². The Labute approximate surface area is 151 Å². The Hall–Kier alpha value is -1.14. The van der Waals surface area contributed by atoms with Crippen LogP contribution in [0.15, 0.2) is 0 Å². The fraction of sp³-hybridized carbons (Fsp3) is 0.895. The third kappa shape index (κ3) is 3.43. The van der Waals surface area contributed by atoms with Crippen molar-refractivity contribution in [3.63, 3.8) is 0 Å². The van der Waals surface area contributed by atoms with Crippen LogP contribution in [-0.4, -0.2) is 85.0 Å². The molecule has 0 aromatic heterocycles. The van der Waals surface area contributed by atoms with E-state index in [0.29, 0.717) is 38.8 Å². The summed E-state index contributed by atoms with van der Waals surface area (Å²) in [5.41, 5.74) is -0.320. The zero-order chi connectivity index (χ0) is 18.0. The van der Waals surface area contributed by atoms with Gasteiger partial charge in [-0.25, -0.2) is 0 Å². The van der Waals surface area contributed by atoms with Crippen LogP contribution in [0.2, 0.25) is 0 Å². The monoisotopic (exact) mass is 351 g/mol. The van der Waals surface area contributed by atoms with Crippen molar-refractivity contribution in [3.05, 3.63) is 0 Å². The van der Waals surface area contributed by atoms with Crippen LogP contribution >= 0.6 is 0 Å². The van der Waals surface area contributed by atoms with E-state index in [2.05, 4.69) is 11.8 Å². The molecule has 25 heavy (non-hydrogen) atoms. The molecule has 0 aromatic rings. The molecule has 2 amide bonds. The summed E-state index contributed by atoms with van der Waals surface area (Å²) in [5.74, 6) is 0.540. The minimum absolute atomic E-state index is 0.0195. The second-order valence-corrected chi connectivity index (χ2v) is 7.97. The van der Waals surface area contributed by atoms with Gasteiger partial charge in [0.05, 0.1) is 18.6 Å². The van der Waals surface area contributed by atoms with E-state index in [-0.39, 0.29) is 23.3 Å². The SMILES string of the molecule is CCN1CC[C@@]2(C(=O)N3CCOCC3)CCN(C(=O)C(C)C)CC[C@@H]12. The van der Waals surface area contributed by atoms with Crippen molar-refractivity contribution in [2.45, 2.75) is 46.1 Å². The molecule has 3 rings (SSSR count). The standard InChI is InChI=1S/C19H33N3O3/c1-4-20-9-6-19(18(24)22-11-13-25-14-12-22)7-10-21(8-5-16(19)20)17(23)15(2)3/h15-16H,4-14H2,1-3H3/t16-,19-/m1/s1. The summed E-state index contributed by atoms with van der Waals surface area (Å²) in [6.07, 6.45) is 2.62. The highest BCUT2D eigenvalue weighted by atomic mass is 16.5. The molecule has 0 spiro atoms. The maximum atomic E-state index is 13.5. The molecule has 0 aliphatic carbocycles. The summed E-state index contributed by atoms with van der Waals surface area (Å²) in [6.45, 7) is 12.2. The summed E-state index contributed by atoms with van der Waals surface area (Å²) in [6, 6.07) is 0.262. The quantitative estimate of drug-likeness (QED) is 0.767. The maximum absolute atomic E-state index is 13.5. The molecule has 3 aliphatic rings. The van der Waals surface area contributed by atoms with Gasteiger partial charge in [0.15, 0.2) is 0 Å². The Bertz CT molecular complexity index is 504. The molecular weight excluding hydrogens is 318 g/mol. The van der Waals surface area contributed by atoms with Crippen molar-refractivity contribution in [1.82, 2.24) is 14.7 Å². The van der Waals surface area contributed by atoms with Crippen molar-refractivity contribution in [2.75, 3.05) is 52.5 Å². The Balaban J connectivity index is 1.83. The molecule has 0 saturated carbocycles. The largest absolute Gasteiger partial charge is 0.378 e. The summed E-state index contributed by atoms with van der Waals surface area (Å²) in [5, 5.41) is 0. The number of morpholine rings is 1. The molecule has 0 radical (unpaired) electrons. The van der Waals surface area contributed by atoms with E-state index in [0.717, 1.165) is 38.9 Å². The van der Waals surface area contributed by atoms with Gasteiger partial charge < -0.3 is 14.5 Å². The number of amides is 2. The van der Waals surface area contributed by atoms with Crippen LogP contribution in [0.5, 0.6) is 0 Å². The van der Waals surface area contributed by atoms with E-state index in [1.165, 1.54) is 0 Å². The number of ether oxygens (including phenoxy) is 1. The van der Waals surface area contributed by atoms with Crippen LogP contribution in [-0.2, 0) is 14.3 Å². The third-order valence-electron chi connectivity index (χ3n) is 6.36. The predicted molar refractivity (Wildman–Crippen MR) is 96.1 cm³/mol. The Morgan fingerprint density at radius 3 is 2.36 bits per heavy atom. The first kappa shape index (κ1) is 18.6. The number of hydrogen-bond donors (Lipinski definition) is 0. The van der Waals surface area contributed by atoms with Gasteiger partial charge in [-0.05, 0) is 32.4 Å². The van der Waals surface area contributed by atoms with Gasteiger partial charge in [-0.3, -0.25) is 14.5 Å². The van der Waals surface area contributed by atoms with Gasteiger partial charge in [0.2, 0.25) is 11.8 Å². The Morgan fingerprint density at radius 2 is 1.72 bits per heavy atom. The first-order valence-corrected chi connectivity index (χ1v) is 9.89. The number of likely N-dealkylation sites (tertiary alicyclic amines) is 2. The smallest absolute Gasteiger partial charge is 0.230 e. The highest BCUT2D eigenvalue weighted by Gasteiger charge is 2.54. The van der Waals surface area contributed by atoms with E-state index < -0.39 is 0 Å². The number of nitrogens with zero attached hydrogens (tertiary/aromatic N) is 3. The molecule has 3 saturated heterocycles. The average molecular weight is 351 g/mol. The average Bonchev–Trinajstić information content (AvgIpc) is 2.88. The predicted octanol–water partition coefficient (Wildman–Crippen LogP) is 1.20. The number of carbonyl (C=O) groups excluding carboxylic acids is 2. The van der Waals surface area contributed by atoms with Crippen molar-refractivity contribution in [1.29, 1.82) is 0 Å². The molecule has 6 nitrogen and oxygen atoms in total. The summed E-state index contributed by atoms with van der Waals surface area (Å²) >= 11 is 0. The lowest BCUT2D eigenvalue weighted by atomic mass is 9.75. The minimum Gasteiger partial charge on any atom is -0.378 e. The van der Waals surface area contributed by atoms with E-state index in [1.54, 1.807) is 0 Å². The summed E-state index contributed by atoms with van der Waals surface area (Å²) in [4.78, 5) is 32.5. The van der Waals surface area contributed by atoms with Crippen molar-refractivity contribution >= 4 is 11.8 Å². The molecule has 0 aromatic carbocycles. The zero-order valence-electron chi connectivity index (χ0n) is 16.0. The van der Waals surface area contributed by atoms with Crippen LogP contribution in [0.3, 0.4) is 0 Å². The van der Waals surface area contributed by atoms with Gasteiger partial charge in [-0.15, -0.1) is 0 Å². The van der Waals surface area contributed by atoms with Gasteiger partial charge in [0.25, 0.3) is 0 Å². The fourth-order valence-electron chi connectivity index (χ4n) is 4.89. The molecule has 6 heteroatoms. The van der Waals surface area contributed by atoms with Gasteiger partial charge in [-0.2, -0.15) is 0 Å². The fourth-order valence-corrected chi connectivity index (χ4v) is 4.89. The highest BCUT2D eigenvalue weighted by molar-refractivity contribution is 5.84. The second kappa shape index (κ2) is 7.62. The van der Waals surface area contributed by atoms with Crippen LogP contribution in [0.1, 0.15) is 40.0 Å². The highest BCUT2D eigenvalue weighted by Crippen LogP contribution is 2.45. The molecule has 3 fully saturated rings. The van der Waals surface area contributed by atoms with Crippen LogP contribution in [0.4, 0.5) is 0 Å². The maximum Gasteiger partial charge on any atom is 0.230 e. The molecular formula is C19H33N3O3. The van der Waals surface area contributed by atoms with E-state index in [4.69, 9.17) is 4.74 Å². The number of carbonyl (C=O) groups is 2. The lowest BCUT2D eigenvalue weighted by Gasteiger charge is -2.40. The zero-order valence-corrected chi connectivity index (χ0v) is 16.0. The van der Waals surface area contributed by atoms with Gasteiger partial charge in [0, 0.05) is 38.1 Å². The van der Waals surface area contributed by atoms with E-state index in [1.807, 2.05) is 23.6 Å². The number of rotatable bonds is 3. The van der Waals surface area contributed by atoms with Crippen molar-refractivity contribution in [3.8, 4) is 0 Å². The Morgan fingerprint density at radius 1 is 1.04 bits per heavy atom. The number of fused-ring (bicyclic) bond motifs is 1. The van der Waals surface area contributed by atoms with Gasteiger partial charge in [-0.1, -0.05) is 20.8 Å². The summed E-state index contributed by atoms with van der Waals surface area (Å²) < 4.78 is 5.43. The normalized spacial score (nSPS) is 31.1. The molecule has 3 heterocycles. The van der Waals surface area contributed by atoms with Gasteiger partial charge in [0.1, 0.15) is 0 Å². The Kier molecular flexibility index (Phi) is 5.68. The van der Waals surface area contributed by atoms with Gasteiger partial charge >= 0.3 is 0 Å². The third-order valence-corrected chi connectivity index (χ3v) is 6.36. The number of hydrogen-bond acceptors (Lipinski definition) is 4. The molecule has 2 atom stereocenters. The van der Waals surface area contributed by atoms with Crippen molar-refractivity contribution < 1.29 is 14.3 Å². The summed E-state index contributed by atoms with van der Waals surface area (Å²) in [7, 11) is 0. The molecule has 0 bridgehead atoms. The van der Waals surface area contributed by atoms with E-state index in [9.17, 15) is 9.59 Å². The van der Waals surface area contributed by atoms with Crippen LogP contribution in [0.25, 0.3) is 0 Å². The molecule has 0 N–H and O–H groups in total. The van der Waals surface area contributed by atoms with E-state index >= 15 is 0 Å². The second-order valence-electron chi connectivity index (χ2n) is 7.97. The molecule has 3 aliphatic heterocycles. The van der Waals surface area contributed by atoms with Crippen LogP contribution < -0.4 is 0 Å². The first-order valence-electron chi connectivity index (χ1n) is 9.89. The minimum atomic E-state index is -0.320. The molecule has 0 unspecified atom stereocenters. The van der Waals surface area contributed by atoms with Crippen LogP contribution in [0, 0.1) is 11.3 Å². The molecule has 142 valence electrons.